The van der Waals surface area contributed by atoms with Crippen LogP contribution >= 0.6 is 0 Å². The van der Waals surface area contributed by atoms with Gasteiger partial charge in [-0.1, -0.05) is 20.8 Å². The van der Waals surface area contributed by atoms with Crippen LogP contribution in [-0.2, 0) is 10.3 Å². The molecule has 1 aromatic rings. The number of carbonyl (C=O) groups is 1. The number of aliphatic hydroxyl groups is 1. The van der Waals surface area contributed by atoms with Crippen molar-refractivity contribution in [3.05, 3.63) is 23.7 Å². The highest BCUT2D eigenvalue weighted by Gasteiger charge is 2.37. The fourth-order valence-corrected chi connectivity index (χ4v) is 3.15. The molecule has 2 heterocycles. The third-order valence-corrected chi connectivity index (χ3v) is 4.46. The largest absolute Gasteiger partial charge is 0.463 e. The second kappa shape index (κ2) is 7.15. The molecule has 1 aliphatic heterocycles. The van der Waals surface area contributed by atoms with Gasteiger partial charge in [0.1, 0.15) is 17.1 Å². The summed E-state index contributed by atoms with van der Waals surface area (Å²) in [5.41, 5.74) is -1.18. The Bertz CT molecular complexity index is 560. The fourth-order valence-electron chi connectivity index (χ4n) is 3.15. The molecule has 0 saturated carbocycles. The van der Waals surface area contributed by atoms with Crippen LogP contribution in [0, 0.1) is 18.3 Å². The number of hydrogen-bond acceptors (Lipinski definition) is 4. The van der Waals surface area contributed by atoms with Gasteiger partial charge in [-0.15, -0.1) is 0 Å². The summed E-state index contributed by atoms with van der Waals surface area (Å²) >= 11 is 0. The lowest BCUT2D eigenvalue weighted by Gasteiger charge is -2.31. The summed E-state index contributed by atoms with van der Waals surface area (Å²) in [4.78, 5) is 12.0. The predicted octanol–water partition coefficient (Wildman–Crippen LogP) is 2.55. The Morgan fingerprint density at radius 1 is 1.29 bits per heavy atom. The minimum Gasteiger partial charge on any atom is -0.463 e. The van der Waals surface area contributed by atoms with Crippen LogP contribution in [0.2, 0.25) is 0 Å². The summed E-state index contributed by atoms with van der Waals surface area (Å²) in [6.45, 7) is 11.3. The van der Waals surface area contributed by atoms with E-state index in [2.05, 4.69) is 31.4 Å². The van der Waals surface area contributed by atoms with Gasteiger partial charge in [0.15, 0.2) is 0 Å². The summed E-state index contributed by atoms with van der Waals surface area (Å²) in [6.07, 6.45) is 1.10. The first-order chi connectivity index (χ1) is 11.1. The smallest absolute Gasteiger partial charge is 0.314 e. The van der Waals surface area contributed by atoms with Crippen molar-refractivity contribution in [3.63, 3.8) is 0 Å². The van der Waals surface area contributed by atoms with Crippen LogP contribution in [0.25, 0.3) is 0 Å². The number of amides is 2. The average Bonchev–Trinajstić information content (AvgIpc) is 3.11. The maximum atomic E-state index is 12.0. The summed E-state index contributed by atoms with van der Waals surface area (Å²) in [5, 5.41) is 16.0. The van der Waals surface area contributed by atoms with Gasteiger partial charge in [-0.25, -0.2) is 4.79 Å². The van der Waals surface area contributed by atoms with Gasteiger partial charge in [0.2, 0.25) is 0 Å². The van der Waals surface area contributed by atoms with E-state index in [1.807, 2.05) is 6.92 Å². The van der Waals surface area contributed by atoms with Crippen LogP contribution in [0.4, 0.5) is 4.79 Å². The first-order valence-corrected chi connectivity index (χ1v) is 8.52. The molecule has 2 rings (SSSR count). The average molecular weight is 338 g/mol. The van der Waals surface area contributed by atoms with Gasteiger partial charge >= 0.3 is 6.03 Å². The Morgan fingerprint density at radius 2 is 2.00 bits per heavy atom. The number of nitrogens with one attached hydrogen (secondary N) is 2. The Labute approximate surface area is 143 Å². The molecular formula is C18H30N2O4. The molecule has 6 heteroatoms. The van der Waals surface area contributed by atoms with Crippen LogP contribution < -0.4 is 10.6 Å². The van der Waals surface area contributed by atoms with Crippen molar-refractivity contribution in [1.29, 1.82) is 0 Å². The molecule has 2 amide bonds. The molecule has 0 aliphatic carbocycles. The minimum absolute atomic E-state index is 0.0557. The van der Waals surface area contributed by atoms with Crippen LogP contribution in [-0.4, -0.2) is 36.9 Å². The molecule has 3 atom stereocenters. The van der Waals surface area contributed by atoms with Gasteiger partial charge in [0.05, 0.1) is 12.6 Å². The number of ether oxygens (including phenoxy) is 1. The molecule has 3 unspecified atom stereocenters. The number of hydrogen-bond donors (Lipinski definition) is 3. The number of carbonyl (C=O) groups excluding carboxylic acids is 1. The molecule has 1 aromatic heterocycles. The molecule has 1 fully saturated rings. The van der Waals surface area contributed by atoms with Gasteiger partial charge in [0, 0.05) is 19.1 Å². The summed E-state index contributed by atoms with van der Waals surface area (Å²) in [6, 6.07) is 3.22. The van der Waals surface area contributed by atoms with Crippen LogP contribution in [0.15, 0.2) is 16.5 Å². The maximum absolute atomic E-state index is 12.0. The van der Waals surface area contributed by atoms with Crippen molar-refractivity contribution >= 4 is 6.03 Å². The van der Waals surface area contributed by atoms with Gasteiger partial charge in [-0.3, -0.25) is 0 Å². The Balaban J connectivity index is 1.79. The third-order valence-electron chi connectivity index (χ3n) is 4.46. The van der Waals surface area contributed by atoms with Gasteiger partial charge in [0.25, 0.3) is 0 Å². The summed E-state index contributed by atoms with van der Waals surface area (Å²) < 4.78 is 11.2. The summed E-state index contributed by atoms with van der Waals surface area (Å²) in [5.74, 6) is 1.48. The second-order valence-electron chi connectivity index (χ2n) is 7.95. The van der Waals surface area contributed by atoms with Crippen molar-refractivity contribution in [2.24, 2.45) is 11.3 Å². The van der Waals surface area contributed by atoms with E-state index in [9.17, 15) is 9.90 Å². The zero-order valence-corrected chi connectivity index (χ0v) is 15.3. The van der Waals surface area contributed by atoms with E-state index in [1.165, 1.54) is 0 Å². The molecule has 6 nitrogen and oxygen atoms in total. The van der Waals surface area contributed by atoms with E-state index >= 15 is 0 Å². The molecule has 1 aliphatic rings. The molecular weight excluding hydrogens is 308 g/mol. The van der Waals surface area contributed by atoms with Gasteiger partial charge < -0.3 is 24.9 Å². The highest BCUT2D eigenvalue weighted by molar-refractivity contribution is 5.73. The monoisotopic (exact) mass is 338 g/mol. The highest BCUT2D eigenvalue weighted by Crippen LogP contribution is 2.34. The quantitative estimate of drug-likeness (QED) is 0.770. The van der Waals surface area contributed by atoms with Crippen LogP contribution in [0.3, 0.4) is 0 Å². The minimum atomic E-state index is -1.24. The summed E-state index contributed by atoms with van der Waals surface area (Å²) in [7, 11) is 0. The molecule has 0 aromatic carbocycles. The van der Waals surface area contributed by atoms with Crippen LogP contribution in [0.1, 0.15) is 45.6 Å². The predicted molar refractivity (Wildman–Crippen MR) is 91.7 cm³/mol. The second-order valence-corrected chi connectivity index (χ2v) is 7.95. The first-order valence-electron chi connectivity index (χ1n) is 8.52. The van der Waals surface area contributed by atoms with Gasteiger partial charge in [-0.05, 0) is 37.8 Å². The number of rotatable bonds is 5. The zero-order chi connectivity index (χ0) is 18.0. The fraction of sp³-hybridized carbons (Fsp3) is 0.722. The number of aryl methyl sites for hydroxylation is 1. The zero-order valence-electron chi connectivity index (χ0n) is 15.3. The molecule has 1 saturated heterocycles. The van der Waals surface area contributed by atoms with Gasteiger partial charge in [-0.2, -0.15) is 0 Å². The molecule has 24 heavy (non-hydrogen) atoms. The van der Waals surface area contributed by atoms with E-state index in [1.54, 1.807) is 19.1 Å². The van der Waals surface area contributed by atoms with Crippen molar-refractivity contribution in [1.82, 2.24) is 10.6 Å². The highest BCUT2D eigenvalue weighted by atomic mass is 16.5. The van der Waals surface area contributed by atoms with Crippen molar-refractivity contribution in [3.8, 4) is 0 Å². The Kier molecular flexibility index (Phi) is 5.60. The van der Waals surface area contributed by atoms with E-state index in [0.29, 0.717) is 18.2 Å². The lowest BCUT2D eigenvalue weighted by Crippen LogP contribution is -2.46. The normalized spacial score (nSPS) is 23.8. The van der Waals surface area contributed by atoms with E-state index in [4.69, 9.17) is 9.15 Å². The molecule has 3 N–H and O–H groups in total. The van der Waals surface area contributed by atoms with Crippen molar-refractivity contribution in [2.45, 2.75) is 52.7 Å². The third kappa shape index (κ3) is 4.74. The molecule has 0 spiro atoms. The van der Waals surface area contributed by atoms with E-state index < -0.39 is 5.60 Å². The maximum Gasteiger partial charge on any atom is 0.314 e. The number of urea groups is 1. The van der Waals surface area contributed by atoms with Crippen LogP contribution in [0.5, 0.6) is 0 Å². The van der Waals surface area contributed by atoms with Crippen molar-refractivity contribution in [2.75, 3.05) is 19.7 Å². The topological polar surface area (TPSA) is 83.7 Å². The number of furan rings is 1. The lowest BCUT2D eigenvalue weighted by molar-refractivity contribution is 0.00761. The molecule has 136 valence electrons. The molecule has 0 bridgehead atoms. The SMILES string of the molecule is Cc1ccc(C(C)(O)CNC(=O)NCC2CCOC2C(C)(C)C)o1. The molecule has 0 radical (unpaired) electrons. The van der Waals surface area contributed by atoms with E-state index in [0.717, 1.165) is 18.8 Å². The standard InChI is InChI=1S/C18H30N2O4/c1-12-6-7-14(24-12)18(5,22)11-20-16(21)19-10-13-8-9-23-15(13)17(2,3)4/h6-7,13,15,22H,8-11H2,1-5H3,(H2,19,20,21). The van der Waals surface area contributed by atoms with E-state index in [-0.39, 0.29) is 24.1 Å². The Hall–Kier alpha value is -1.53. The Morgan fingerprint density at radius 3 is 2.58 bits per heavy atom. The van der Waals surface area contributed by atoms with Crippen molar-refractivity contribution < 1.29 is 19.1 Å². The lowest BCUT2D eigenvalue weighted by atomic mass is 9.81. The first kappa shape index (κ1) is 18.8.